The van der Waals surface area contributed by atoms with E-state index < -0.39 is 17.0 Å². The molecular formula is C22H25F2N3O2. The topological polar surface area (TPSA) is 62.3 Å². The lowest BCUT2D eigenvalue weighted by molar-refractivity contribution is 0.0820. The van der Waals surface area contributed by atoms with Gasteiger partial charge in [-0.1, -0.05) is 18.9 Å². The van der Waals surface area contributed by atoms with Crippen molar-refractivity contribution in [1.29, 1.82) is 0 Å². The van der Waals surface area contributed by atoms with E-state index in [1.165, 1.54) is 29.2 Å². The van der Waals surface area contributed by atoms with Crippen molar-refractivity contribution in [2.45, 2.75) is 38.0 Å². The number of carbonyl (C=O) groups is 2. The van der Waals surface area contributed by atoms with Crippen LogP contribution >= 0.6 is 0 Å². The van der Waals surface area contributed by atoms with Crippen LogP contribution in [0.2, 0.25) is 0 Å². The van der Waals surface area contributed by atoms with Crippen LogP contribution in [-0.2, 0) is 5.41 Å². The fraction of sp³-hybridized carbons (Fsp3) is 0.409. The number of carbonyl (C=O) groups excluding carboxylic acids is 2. The van der Waals surface area contributed by atoms with Crippen LogP contribution in [0.25, 0.3) is 0 Å². The number of nitrogens with one attached hydrogen (secondary N) is 1. The fourth-order valence-electron chi connectivity index (χ4n) is 4.07. The Bertz CT molecular complexity index is 917. The maximum atomic E-state index is 14.4. The third kappa shape index (κ3) is 4.13. The van der Waals surface area contributed by atoms with Gasteiger partial charge in [-0.2, -0.15) is 0 Å². The molecule has 0 unspecified atom stereocenters. The monoisotopic (exact) mass is 401 g/mol. The number of aromatic nitrogens is 1. The Labute approximate surface area is 169 Å². The summed E-state index contributed by atoms with van der Waals surface area (Å²) in [5, 5.41) is 2.84. The van der Waals surface area contributed by atoms with E-state index in [1.54, 1.807) is 27.1 Å². The van der Waals surface area contributed by atoms with Crippen LogP contribution in [0.4, 0.5) is 8.78 Å². The highest BCUT2D eigenvalue weighted by molar-refractivity contribution is 5.97. The molecule has 1 N–H and O–H groups in total. The summed E-state index contributed by atoms with van der Waals surface area (Å²) in [7, 11) is 3.26. The Morgan fingerprint density at radius 2 is 1.72 bits per heavy atom. The number of halogens is 2. The van der Waals surface area contributed by atoms with E-state index in [1.807, 2.05) is 0 Å². The Morgan fingerprint density at radius 1 is 1.10 bits per heavy atom. The van der Waals surface area contributed by atoms with Crippen molar-refractivity contribution < 1.29 is 18.4 Å². The van der Waals surface area contributed by atoms with Gasteiger partial charge in [0, 0.05) is 31.6 Å². The normalized spacial score (nSPS) is 15.2. The first-order valence-electron chi connectivity index (χ1n) is 9.67. The lowest BCUT2D eigenvalue weighted by atomic mass is 9.78. The van der Waals surface area contributed by atoms with Gasteiger partial charge in [0.25, 0.3) is 11.8 Å². The van der Waals surface area contributed by atoms with Gasteiger partial charge in [-0.3, -0.25) is 9.59 Å². The van der Waals surface area contributed by atoms with E-state index >= 15 is 0 Å². The van der Waals surface area contributed by atoms with Gasteiger partial charge < -0.3 is 10.2 Å². The first-order chi connectivity index (χ1) is 13.7. The van der Waals surface area contributed by atoms with Crippen molar-refractivity contribution in [3.05, 3.63) is 64.5 Å². The summed E-state index contributed by atoms with van der Waals surface area (Å²) in [4.78, 5) is 30.4. The number of hydrogen-bond acceptors (Lipinski definition) is 3. The molecule has 2 aromatic rings. The van der Waals surface area contributed by atoms with E-state index in [0.29, 0.717) is 24.1 Å². The van der Waals surface area contributed by atoms with Gasteiger partial charge in [0.05, 0.1) is 11.3 Å². The molecule has 1 saturated carbocycles. The largest absolute Gasteiger partial charge is 0.351 e. The lowest BCUT2D eigenvalue weighted by Crippen LogP contribution is -2.40. The summed E-state index contributed by atoms with van der Waals surface area (Å²) in [5.41, 5.74) is 0.312. The van der Waals surface area contributed by atoms with Gasteiger partial charge >= 0.3 is 0 Å². The SMILES string of the molecule is Cc1nc(C(=O)N(C)C)ccc1C(=O)NCC1(c2c(F)cccc2F)CCCC1. The molecule has 2 amide bonds. The molecule has 1 heterocycles. The summed E-state index contributed by atoms with van der Waals surface area (Å²) in [6, 6.07) is 6.93. The van der Waals surface area contributed by atoms with Gasteiger partial charge in [0.15, 0.2) is 0 Å². The summed E-state index contributed by atoms with van der Waals surface area (Å²) in [6.07, 6.45) is 2.93. The van der Waals surface area contributed by atoms with Crippen LogP contribution in [0.3, 0.4) is 0 Å². The minimum atomic E-state index is -0.757. The molecule has 0 atom stereocenters. The van der Waals surface area contributed by atoms with Crippen molar-refractivity contribution in [2.24, 2.45) is 0 Å². The molecule has 154 valence electrons. The van der Waals surface area contributed by atoms with Crippen LogP contribution in [0.1, 0.15) is 57.8 Å². The standard InChI is InChI=1S/C22H25F2N3O2/c1-14-15(9-10-18(26-14)21(29)27(2)3)20(28)25-13-22(11-4-5-12-22)19-16(23)7-6-8-17(19)24/h6-10H,4-5,11-13H2,1-3H3,(H,25,28). The molecule has 1 fully saturated rings. The Balaban J connectivity index is 1.81. The molecule has 0 bridgehead atoms. The predicted molar refractivity (Wildman–Crippen MR) is 106 cm³/mol. The number of amides is 2. The van der Waals surface area contributed by atoms with Crippen molar-refractivity contribution >= 4 is 11.8 Å². The number of pyridine rings is 1. The minimum absolute atomic E-state index is 0.0552. The van der Waals surface area contributed by atoms with Gasteiger partial charge in [-0.15, -0.1) is 0 Å². The zero-order chi connectivity index (χ0) is 21.2. The Hall–Kier alpha value is -2.83. The second-order valence-electron chi connectivity index (χ2n) is 7.80. The second kappa shape index (κ2) is 8.27. The number of aryl methyl sites for hydroxylation is 1. The molecule has 0 radical (unpaired) electrons. The zero-order valence-electron chi connectivity index (χ0n) is 16.9. The first-order valence-corrected chi connectivity index (χ1v) is 9.67. The van der Waals surface area contributed by atoms with E-state index in [9.17, 15) is 18.4 Å². The molecule has 1 aromatic carbocycles. The smallest absolute Gasteiger partial charge is 0.271 e. The molecule has 1 aliphatic carbocycles. The minimum Gasteiger partial charge on any atom is -0.351 e. The quantitative estimate of drug-likeness (QED) is 0.833. The van der Waals surface area contributed by atoms with Gasteiger partial charge in [-0.05, 0) is 44.0 Å². The summed E-state index contributed by atoms with van der Waals surface area (Å²) >= 11 is 0. The van der Waals surface area contributed by atoms with Crippen LogP contribution < -0.4 is 5.32 Å². The van der Waals surface area contributed by atoms with E-state index in [4.69, 9.17) is 0 Å². The molecule has 0 spiro atoms. The molecular weight excluding hydrogens is 376 g/mol. The lowest BCUT2D eigenvalue weighted by Gasteiger charge is -2.30. The van der Waals surface area contributed by atoms with Crippen molar-refractivity contribution in [2.75, 3.05) is 20.6 Å². The van der Waals surface area contributed by atoms with Gasteiger partial charge in [0.2, 0.25) is 0 Å². The van der Waals surface area contributed by atoms with Crippen molar-refractivity contribution in [3.63, 3.8) is 0 Å². The Kier molecular flexibility index (Phi) is 5.96. The average Bonchev–Trinajstić information content (AvgIpc) is 3.15. The number of nitrogens with zero attached hydrogens (tertiary/aromatic N) is 2. The highest BCUT2D eigenvalue weighted by Crippen LogP contribution is 2.42. The maximum absolute atomic E-state index is 14.4. The molecule has 1 aromatic heterocycles. The summed E-state index contributed by atoms with van der Waals surface area (Å²) < 4.78 is 28.9. The van der Waals surface area contributed by atoms with Crippen LogP contribution in [-0.4, -0.2) is 42.3 Å². The summed E-state index contributed by atoms with van der Waals surface area (Å²) in [6.45, 7) is 1.80. The molecule has 3 rings (SSSR count). The second-order valence-corrected chi connectivity index (χ2v) is 7.80. The summed E-state index contributed by atoms with van der Waals surface area (Å²) in [5.74, 6) is -1.78. The van der Waals surface area contributed by atoms with Crippen LogP contribution in [0.5, 0.6) is 0 Å². The van der Waals surface area contributed by atoms with Crippen LogP contribution in [0.15, 0.2) is 30.3 Å². The van der Waals surface area contributed by atoms with E-state index in [-0.39, 0.29) is 29.6 Å². The molecule has 7 heteroatoms. The third-order valence-electron chi connectivity index (χ3n) is 5.60. The number of hydrogen-bond donors (Lipinski definition) is 1. The van der Waals surface area contributed by atoms with Crippen LogP contribution in [0, 0.1) is 18.6 Å². The highest BCUT2D eigenvalue weighted by Gasteiger charge is 2.40. The number of rotatable bonds is 5. The zero-order valence-corrected chi connectivity index (χ0v) is 16.9. The van der Waals surface area contributed by atoms with Crippen molar-refractivity contribution in [3.8, 4) is 0 Å². The third-order valence-corrected chi connectivity index (χ3v) is 5.60. The average molecular weight is 401 g/mol. The fourth-order valence-corrected chi connectivity index (χ4v) is 4.07. The predicted octanol–water partition coefficient (Wildman–Crippen LogP) is 3.61. The molecule has 29 heavy (non-hydrogen) atoms. The molecule has 5 nitrogen and oxygen atoms in total. The van der Waals surface area contributed by atoms with Crippen molar-refractivity contribution in [1.82, 2.24) is 15.2 Å². The molecule has 0 aliphatic heterocycles. The van der Waals surface area contributed by atoms with Gasteiger partial charge in [-0.25, -0.2) is 13.8 Å². The van der Waals surface area contributed by atoms with Gasteiger partial charge in [0.1, 0.15) is 17.3 Å². The Morgan fingerprint density at radius 3 is 2.28 bits per heavy atom. The highest BCUT2D eigenvalue weighted by atomic mass is 19.1. The van der Waals surface area contributed by atoms with E-state index in [0.717, 1.165) is 12.8 Å². The molecule has 0 saturated heterocycles. The molecule has 1 aliphatic rings. The van der Waals surface area contributed by atoms with E-state index in [2.05, 4.69) is 10.3 Å². The first kappa shape index (κ1) is 20.9. The maximum Gasteiger partial charge on any atom is 0.271 e. The number of benzene rings is 1.